The quantitative estimate of drug-likeness (QED) is 0.0589. The second-order valence-corrected chi connectivity index (χ2v) is 25.3. The lowest BCUT2D eigenvalue weighted by molar-refractivity contribution is -0.147. The first-order valence-corrected chi connectivity index (χ1v) is 29.6. The van der Waals surface area contributed by atoms with Gasteiger partial charge in [-0.15, -0.1) is 0 Å². The zero-order chi connectivity index (χ0) is 59.9. The minimum absolute atomic E-state index is 0.0591. The second kappa shape index (κ2) is 26.4. The molecule has 1 saturated heterocycles. The number of aryl methyl sites for hydroxylation is 3. The van der Waals surface area contributed by atoms with Crippen molar-refractivity contribution in [2.75, 3.05) is 26.0 Å². The second-order valence-electron chi connectivity index (χ2n) is 25.3. The van der Waals surface area contributed by atoms with Crippen LogP contribution in [0.25, 0.3) is 0 Å². The summed E-state index contributed by atoms with van der Waals surface area (Å²) in [4.78, 5) is 115. The molecule has 8 N–H and O–H groups in total. The lowest BCUT2D eigenvalue weighted by Crippen LogP contribution is -2.62. The summed E-state index contributed by atoms with van der Waals surface area (Å²) in [5, 5.41) is 24.4. The molecule has 83 heavy (non-hydrogen) atoms. The van der Waals surface area contributed by atoms with Crippen LogP contribution in [0.2, 0.25) is 0 Å². The summed E-state index contributed by atoms with van der Waals surface area (Å²) >= 11 is 0. The summed E-state index contributed by atoms with van der Waals surface area (Å²) in [5.74, 6) is -2.67. The van der Waals surface area contributed by atoms with Gasteiger partial charge in [-0.3, -0.25) is 38.4 Å². The van der Waals surface area contributed by atoms with E-state index in [2.05, 4.69) is 60.7 Å². The molecule has 5 unspecified atom stereocenters. The number of anilines is 1. The van der Waals surface area contributed by atoms with Gasteiger partial charge in [0.2, 0.25) is 41.4 Å². The maximum Gasteiger partial charge on any atom is 0.251 e. The average Bonchev–Trinajstić information content (AvgIpc) is 3.80. The number of fused-ring (bicyclic) bond motifs is 3. The highest BCUT2D eigenvalue weighted by molar-refractivity contribution is 5.97. The van der Waals surface area contributed by atoms with Gasteiger partial charge in [-0.25, -0.2) is 0 Å². The topological polar surface area (TPSA) is 239 Å². The monoisotopic (exact) mass is 1130 g/mol. The molecule has 0 saturated carbocycles. The number of likely N-dealkylation sites (tertiary alicyclic amines) is 1. The smallest absolute Gasteiger partial charge is 0.251 e. The first kappa shape index (κ1) is 61.6. The molecule has 18 heteroatoms. The molecule has 8 amide bonds. The number of likely N-dealkylation sites (N-methyl/N-ethyl adjacent to an activating group) is 2. The van der Waals surface area contributed by atoms with E-state index in [-0.39, 0.29) is 85.8 Å². The predicted octanol–water partition coefficient (Wildman–Crippen LogP) is 5.88. The van der Waals surface area contributed by atoms with E-state index < -0.39 is 59.0 Å². The first-order valence-electron chi connectivity index (χ1n) is 29.6. The Bertz CT molecular complexity index is 3060. The summed E-state index contributed by atoms with van der Waals surface area (Å²) in [5.41, 5.74) is 6.49. The number of rotatable bonds is 18. The van der Waals surface area contributed by atoms with E-state index in [0.29, 0.717) is 17.7 Å². The van der Waals surface area contributed by atoms with Gasteiger partial charge in [0.25, 0.3) is 5.91 Å². The largest absolute Gasteiger partial charge is 0.347 e. The van der Waals surface area contributed by atoms with Gasteiger partial charge < -0.3 is 52.3 Å². The summed E-state index contributed by atoms with van der Waals surface area (Å²) in [6, 6.07) is 22.9. The molecule has 18 nitrogen and oxygen atoms in total. The molecule has 4 aliphatic rings. The van der Waals surface area contributed by atoms with Crippen LogP contribution in [0, 0.1) is 10.8 Å². The van der Waals surface area contributed by atoms with E-state index in [1.807, 2.05) is 90.1 Å². The number of benzene rings is 4. The molecular weight excluding hydrogens is 1050 g/mol. The Morgan fingerprint density at radius 1 is 0.590 bits per heavy atom. The summed E-state index contributed by atoms with van der Waals surface area (Å²) < 4.78 is 0. The first-order chi connectivity index (χ1) is 39.4. The highest BCUT2D eigenvalue weighted by Crippen LogP contribution is 2.35. The van der Waals surface area contributed by atoms with Gasteiger partial charge in [-0.05, 0) is 153 Å². The highest BCUT2D eigenvalue weighted by Gasteiger charge is 2.47. The maximum atomic E-state index is 14.9. The normalized spacial score (nSPS) is 20.9. The van der Waals surface area contributed by atoms with Crippen molar-refractivity contribution >= 4 is 52.9 Å². The van der Waals surface area contributed by atoms with Gasteiger partial charge in [-0.1, -0.05) is 108 Å². The van der Waals surface area contributed by atoms with E-state index in [1.165, 1.54) is 16.0 Å². The third-order valence-electron chi connectivity index (χ3n) is 17.1. The van der Waals surface area contributed by atoms with Crippen LogP contribution in [0.4, 0.5) is 5.69 Å². The average molecular weight is 1140 g/mol. The molecule has 2 heterocycles. The van der Waals surface area contributed by atoms with Gasteiger partial charge in [0.1, 0.15) is 24.2 Å². The molecule has 444 valence electrons. The van der Waals surface area contributed by atoms with Crippen LogP contribution in [0.5, 0.6) is 0 Å². The molecule has 2 aliphatic heterocycles. The summed E-state index contributed by atoms with van der Waals surface area (Å²) in [7, 11) is 3.34. The molecule has 0 spiro atoms. The van der Waals surface area contributed by atoms with Crippen molar-refractivity contribution in [2.24, 2.45) is 10.8 Å². The molecule has 0 radical (unpaired) electrons. The Morgan fingerprint density at radius 2 is 1.11 bits per heavy atom. The number of carbonyl (C=O) groups excluding carboxylic acids is 8. The molecule has 1 fully saturated rings. The minimum Gasteiger partial charge on any atom is -0.347 e. The highest BCUT2D eigenvalue weighted by atomic mass is 16.2. The van der Waals surface area contributed by atoms with Crippen LogP contribution in [0.15, 0.2) is 91.0 Å². The van der Waals surface area contributed by atoms with Crippen LogP contribution in [0.3, 0.4) is 0 Å². The van der Waals surface area contributed by atoms with E-state index in [1.54, 1.807) is 57.1 Å². The van der Waals surface area contributed by atoms with Crippen molar-refractivity contribution in [3.8, 4) is 0 Å². The van der Waals surface area contributed by atoms with Gasteiger partial charge >= 0.3 is 0 Å². The van der Waals surface area contributed by atoms with E-state index in [0.717, 1.165) is 66.3 Å². The zero-order valence-electron chi connectivity index (χ0n) is 50.0. The van der Waals surface area contributed by atoms with Crippen LogP contribution in [-0.4, -0.2) is 120 Å². The fraction of sp³-hybridized carbons (Fsp3) is 0.508. The molecule has 4 aromatic carbocycles. The Morgan fingerprint density at radius 3 is 1.64 bits per heavy atom. The third-order valence-corrected chi connectivity index (χ3v) is 17.1. The van der Waals surface area contributed by atoms with Crippen LogP contribution < -0.4 is 42.5 Å². The number of hydrogen-bond donors (Lipinski definition) is 8. The number of nitrogens with one attached hydrogen (secondary N) is 8. The van der Waals surface area contributed by atoms with Crippen LogP contribution >= 0.6 is 0 Å². The number of carbonyl (C=O) groups is 8. The van der Waals surface area contributed by atoms with Crippen molar-refractivity contribution in [3.05, 3.63) is 136 Å². The van der Waals surface area contributed by atoms with Crippen LogP contribution in [0.1, 0.15) is 155 Å². The lowest BCUT2D eigenvalue weighted by Gasteiger charge is -2.42. The summed E-state index contributed by atoms with van der Waals surface area (Å²) in [6.07, 6.45) is 6.14. The van der Waals surface area contributed by atoms with Crippen molar-refractivity contribution in [2.45, 2.75) is 181 Å². The van der Waals surface area contributed by atoms with Crippen molar-refractivity contribution < 1.29 is 38.4 Å². The Labute approximate surface area is 489 Å². The molecular formula is C65H86N10O8. The summed E-state index contributed by atoms with van der Waals surface area (Å²) in [6.45, 7) is 14.8. The van der Waals surface area contributed by atoms with Gasteiger partial charge in [0.05, 0.1) is 24.2 Å². The fourth-order valence-corrected chi connectivity index (χ4v) is 11.9. The predicted molar refractivity (Wildman–Crippen MR) is 320 cm³/mol. The lowest BCUT2D eigenvalue weighted by atomic mass is 9.83. The fourth-order valence-electron chi connectivity index (χ4n) is 11.9. The van der Waals surface area contributed by atoms with Gasteiger partial charge in [0, 0.05) is 43.2 Å². The van der Waals surface area contributed by atoms with E-state index in [9.17, 15) is 38.4 Å². The number of nitrogens with zero attached hydrogens (tertiary/aromatic N) is 2. The Kier molecular flexibility index (Phi) is 19.6. The van der Waals surface area contributed by atoms with Crippen molar-refractivity contribution in [1.29, 1.82) is 0 Å². The third kappa shape index (κ3) is 14.9. The zero-order valence-corrected chi connectivity index (χ0v) is 50.0. The van der Waals surface area contributed by atoms with Gasteiger partial charge in [-0.2, -0.15) is 0 Å². The van der Waals surface area contributed by atoms with E-state index >= 15 is 0 Å². The van der Waals surface area contributed by atoms with Crippen LogP contribution in [-0.2, 0) is 65.8 Å². The molecule has 9 atom stereocenters. The standard InChI is InChI=1S/C65H86N10O8/c1-38(66-9)57(77)72-55(64(3,4)5)62(82)74-36-45-33-46(31-30-44(45)34-52(74)60(80)70-50-23-15-19-41-17-11-13-21-48(41)50)68-54(76)32-27-40-25-28-43(29-26-40)59(79)69-47-35-53(61(81)71-51-24-16-20-42-18-12-14-22-49(42)51)75(37-47)63(83)56(65(6,7)8)73-58(78)39(2)67-10/h11-14,17-18,21-22,25-26,28-31,33,38-39,47,50-53,55-56,66-67H,15-16,19-20,23-24,27,32,34-37H2,1-10H3,(H,68,76)(H,69,79)(H,70,80)(H,71,81)(H,72,77)(H,73,78)/t38?,39?,47-,50+,51+,52?,53-,55?,56?/m0/s1. The number of amides is 8. The molecule has 8 rings (SSSR count). The minimum atomic E-state index is -0.955. The SMILES string of the molecule is CNC(C)C(=O)NC(C(=O)N1Cc2cc(NC(=O)CCc3ccc(C(=O)N[C@H]4C[C@@H](C(=O)N[C@@H]5CCCc6ccccc65)N(C(=O)C(NC(=O)C(C)NC)C(C)(C)C)C4)cc3)ccc2CC1C(=O)N[C@@H]1CCCc2ccccc21)C(C)(C)C. The molecule has 4 aromatic rings. The Balaban J connectivity index is 0.919. The molecule has 0 bridgehead atoms. The van der Waals surface area contributed by atoms with Crippen molar-refractivity contribution in [1.82, 2.24) is 47.0 Å². The van der Waals surface area contributed by atoms with Gasteiger partial charge in [0.15, 0.2) is 0 Å². The number of hydrogen-bond acceptors (Lipinski definition) is 10. The van der Waals surface area contributed by atoms with E-state index in [4.69, 9.17) is 0 Å². The molecule has 2 aliphatic carbocycles. The molecule has 0 aromatic heterocycles. The maximum absolute atomic E-state index is 14.9. The van der Waals surface area contributed by atoms with Crippen molar-refractivity contribution in [3.63, 3.8) is 0 Å². The Hall–Kier alpha value is -7.44.